The van der Waals surface area contributed by atoms with Gasteiger partial charge in [0.2, 0.25) is 5.91 Å². The summed E-state index contributed by atoms with van der Waals surface area (Å²) in [5.41, 5.74) is 3.75. The first-order chi connectivity index (χ1) is 12.6. The number of hydrogen-bond acceptors (Lipinski definition) is 4. The van der Waals surface area contributed by atoms with Crippen molar-refractivity contribution >= 4 is 5.91 Å². The molecule has 0 saturated heterocycles. The summed E-state index contributed by atoms with van der Waals surface area (Å²) in [6, 6.07) is 11.5. The molecule has 1 amide bonds. The second-order valence-corrected chi connectivity index (χ2v) is 5.98. The zero-order chi connectivity index (χ0) is 18.4. The maximum Gasteiger partial charge on any atom is 0.224 e. The molecule has 3 aromatic rings. The van der Waals surface area contributed by atoms with Crippen molar-refractivity contribution in [2.45, 2.75) is 19.9 Å². The number of carbonyl (C=O) groups is 1. The normalized spacial score (nSPS) is 10.5. The molecule has 0 aliphatic heterocycles. The summed E-state index contributed by atoms with van der Waals surface area (Å²) in [5.74, 6) is 0.793. The number of benzene rings is 1. The molecule has 0 aliphatic rings. The Labute approximate surface area is 152 Å². The van der Waals surface area contributed by atoms with Crippen LogP contribution in [0.3, 0.4) is 0 Å². The van der Waals surface area contributed by atoms with E-state index in [4.69, 9.17) is 4.74 Å². The monoisotopic (exact) mass is 350 g/mol. The Morgan fingerprint density at radius 1 is 1.12 bits per heavy atom. The number of ether oxygens (including phenoxy) is 1. The number of hydrogen-bond donors (Lipinski definition) is 1. The van der Waals surface area contributed by atoms with Gasteiger partial charge in [-0.1, -0.05) is 18.2 Å². The lowest BCUT2D eigenvalue weighted by atomic mass is 10.1. The number of carbonyl (C=O) groups excluding carboxylic acids is 1. The highest BCUT2D eigenvalue weighted by Gasteiger charge is 2.05. The van der Waals surface area contributed by atoms with Crippen LogP contribution in [0.5, 0.6) is 5.75 Å². The van der Waals surface area contributed by atoms with E-state index in [2.05, 4.69) is 15.4 Å². The van der Waals surface area contributed by atoms with Crippen LogP contribution in [0.4, 0.5) is 0 Å². The molecular formula is C20H22N4O2. The van der Waals surface area contributed by atoms with E-state index in [0.29, 0.717) is 19.6 Å². The van der Waals surface area contributed by atoms with Gasteiger partial charge in [-0.15, -0.1) is 0 Å². The third-order valence-electron chi connectivity index (χ3n) is 3.91. The molecule has 3 rings (SSSR count). The van der Waals surface area contributed by atoms with Gasteiger partial charge in [0.05, 0.1) is 24.9 Å². The van der Waals surface area contributed by atoms with Crippen LogP contribution >= 0.6 is 0 Å². The Morgan fingerprint density at radius 3 is 2.50 bits per heavy atom. The number of nitrogens with one attached hydrogen (secondary N) is 1. The van der Waals surface area contributed by atoms with E-state index >= 15 is 0 Å². The number of nitrogens with zero attached hydrogens (tertiary/aromatic N) is 3. The summed E-state index contributed by atoms with van der Waals surface area (Å²) >= 11 is 0. The molecule has 0 spiro atoms. The SMILES string of the molecule is CCOc1ccc(CC(=O)NCc2ccc(-c3cnn(C)c3)nc2)cc1. The van der Waals surface area contributed by atoms with Crippen molar-refractivity contribution in [1.82, 2.24) is 20.1 Å². The molecule has 2 aromatic heterocycles. The van der Waals surface area contributed by atoms with Gasteiger partial charge in [0, 0.05) is 31.5 Å². The molecule has 0 bridgehead atoms. The molecule has 0 saturated carbocycles. The first kappa shape index (κ1) is 17.7. The minimum Gasteiger partial charge on any atom is -0.494 e. The van der Waals surface area contributed by atoms with E-state index in [0.717, 1.165) is 28.1 Å². The third-order valence-corrected chi connectivity index (χ3v) is 3.91. The quantitative estimate of drug-likeness (QED) is 0.711. The molecule has 6 nitrogen and oxygen atoms in total. The molecule has 0 unspecified atom stereocenters. The lowest BCUT2D eigenvalue weighted by Crippen LogP contribution is -2.24. The Kier molecular flexibility index (Phi) is 5.63. The van der Waals surface area contributed by atoms with Crippen LogP contribution < -0.4 is 10.1 Å². The van der Waals surface area contributed by atoms with Gasteiger partial charge in [0.1, 0.15) is 5.75 Å². The molecule has 0 aliphatic carbocycles. The minimum atomic E-state index is -0.0227. The predicted molar refractivity (Wildman–Crippen MR) is 99.6 cm³/mol. The van der Waals surface area contributed by atoms with Crippen LogP contribution in [0, 0.1) is 0 Å². The van der Waals surface area contributed by atoms with Gasteiger partial charge in [0.25, 0.3) is 0 Å². The summed E-state index contributed by atoms with van der Waals surface area (Å²) in [6.45, 7) is 3.03. The number of pyridine rings is 1. The number of amides is 1. The second kappa shape index (κ2) is 8.29. The van der Waals surface area contributed by atoms with Crippen LogP contribution in [0.25, 0.3) is 11.3 Å². The van der Waals surface area contributed by atoms with Crippen LogP contribution in [-0.4, -0.2) is 27.3 Å². The van der Waals surface area contributed by atoms with Crippen LogP contribution in [0.1, 0.15) is 18.1 Å². The Bertz CT molecular complexity index is 854. The molecule has 26 heavy (non-hydrogen) atoms. The molecule has 2 heterocycles. The van der Waals surface area contributed by atoms with Crippen molar-refractivity contribution in [1.29, 1.82) is 0 Å². The second-order valence-electron chi connectivity index (χ2n) is 5.98. The van der Waals surface area contributed by atoms with E-state index in [1.807, 2.05) is 56.6 Å². The molecular weight excluding hydrogens is 328 g/mol. The fourth-order valence-electron chi connectivity index (χ4n) is 2.57. The maximum absolute atomic E-state index is 12.1. The molecule has 6 heteroatoms. The molecule has 0 radical (unpaired) electrons. The van der Waals surface area contributed by atoms with Crippen LogP contribution in [0.2, 0.25) is 0 Å². The summed E-state index contributed by atoms with van der Waals surface area (Å²) < 4.78 is 7.14. The van der Waals surface area contributed by atoms with Crippen molar-refractivity contribution < 1.29 is 9.53 Å². The highest BCUT2D eigenvalue weighted by atomic mass is 16.5. The average molecular weight is 350 g/mol. The highest BCUT2D eigenvalue weighted by molar-refractivity contribution is 5.78. The lowest BCUT2D eigenvalue weighted by Gasteiger charge is -2.07. The van der Waals surface area contributed by atoms with E-state index in [-0.39, 0.29) is 5.91 Å². The number of rotatable bonds is 7. The largest absolute Gasteiger partial charge is 0.494 e. The first-order valence-corrected chi connectivity index (χ1v) is 8.56. The maximum atomic E-state index is 12.1. The van der Waals surface area contributed by atoms with Crippen LogP contribution in [-0.2, 0) is 24.8 Å². The van der Waals surface area contributed by atoms with Crippen molar-refractivity contribution in [2.24, 2.45) is 7.05 Å². The van der Waals surface area contributed by atoms with Crippen molar-refractivity contribution in [2.75, 3.05) is 6.61 Å². The van der Waals surface area contributed by atoms with E-state index in [1.54, 1.807) is 17.1 Å². The molecule has 1 N–H and O–H groups in total. The van der Waals surface area contributed by atoms with E-state index in [9.17, 15) is 4.79 Å². The molecule has 1 aromatic carbocycles. The predicted octanol–water partition coefficient (Wildman–Crippen LogP) is 2.74. The fourth-order valence-corrected chi connectivity index (χ4v) is 2.57. The van der Waals surface area contributed by atoms with Gasteiger partial charge < -0.3 is 10.1 Å². The Balaban J connectivity index is 1.51. The lowest BCUT2D eigenvalue weighted by molar-refractivity contribution is -0.120. The van der Waals surface area contributed by atoms with Gasteiger partial charge in [0.15, 0.2) is 0 Å². The topological polar surface area (TPSA) is 69.0 Å². The molecule has 134 valence electrons. The summed E-state index contributed by atoms with van der Waals surface area (Å²) in [4.78, 5) is 16.5. The third kappa shape index (κ3) is 4.69. The van der Waals surface area contributed by atoms with Crippen LogP contribution in [0.15, 0.2) is 55.0 Å². The summed E-state index contributed by atoms with van der Waals surface area (Å²) in [5, 5.41) is 7.07. The van der Waals surface area contributed by atoms with Gasteiger partial charge in [-0.2, -0.15) is 5.10 Å². The fraction of sp³-hybridized carbons (Fsp3) is 0.250. The Morgan fingerprint density at radius 2 is 1.88 bits per heavy atom. The van der Waals surface area contributed by atoms with Gasteiger partial charge in [-0.05, 0) is 36.2 Å². The van der Waals surface area contributed by atoms with E-state index in [1.165, 1.54) is 0 Å². The number of aromatic nitrogens is 3. The summed E-state index contributed by atoms with van der Waals surface area (Å²) in [6.07, 6.45) is 5.81. The van der Waals surface area contributed by atoms with Crippen molar-refractivity contribution in [3.05, 3.63) is 66.1 Å². The zero-order valence-electron chi connectivity index (χ0n) is 15.0. The minimum absolute atomic E-state index is 0.0227. The van der Waals surface area contributed by atoms with E-state index < -0.39 is 0 Å². The zero-order valence-corrected chi connectivity index (χ0v) is 15.0. The molecule has 0 atom stereocenters. The Hall–Kier alpha value is -3.15. The number of aryl methyl sites for hydroxylation is 1. The van der Waals surface area contributed by atoms with Gasteiger partial charge in [-0.25, -0.2) is 0 Å². The van der Waals surface area contributed by atoms with Gasteiger partial charge >= 0.3 is 0 Å². The van der Waals surface area contributed by atoms with Crippen molar-refractivity contribution in [3.63, 3.8) is 0 Å². The standard InChI is InChI=1S/C20H22N4O2/c1-3-26-18-7-4-15(5-8-18)10-20(25)22-12-16-6-9-19(21-11-16)17-13-23-24(2)14-17/h4-9,11,13-14H,3,10,12H2,1-2H3,(H,22,25). The smallest absolute Gasteiger partial charge is 0.224 e. The molecule has 0 fully saturated rings. The van der Waals surface area contributed by atoms with Gasteiger partial charge in [-0.3, -0.25) is 14.5 Å². The van der Waals surface area contributed by atoms with Crippen molar-refractivity contribution in [3.8, 4) is 17.0 Å². The first-order valence-electron chi connectivity index (χ1n) is 8.56. The highest BCUT2D eigenvalue weighted by Crippen LogP contribution is 2.16. The summed E-state index contributed by atoms with van der Waals surface area (Å²) in [7, 11) is 1.87. The average Bonchev–Trinajstić information content (AvgIpc) is 3.09.